The number of hydrogen-bond acceptors (Lipinski definition) is 1. The zero-order valence-corrected chi connectivity index (χ0v) is 13.6. The van der Waals surface area contributed by atoms with Crippen LogP contribution in [-0.2, 0) is 0 Å². The fraction of sp³-hybridized carbons (Fsp3) is 0.100. The van der Waals surface area contributed by atoms with Crippen LogP contribution >= 0.6 is 7.92 Å². The van der Waals surface area contributed by atoms with Crippen molar-refractivity contribution in [2.24, 2.45) is 5.73 Å². The standard InChI is InChI=1S/C20H20NP/c1-16(21)19-14-8-9-15-20(19)22(17-10-4-2-5-11-17)18-12-6-3-7-13-18/h2-16H,21H2,1H3/t16-/m0/s1. The molecular formula is C20H20NP. The minimum atomic E-state index is -0.579. The van der Waals surface area contributed by atoms with Gasteiger partial charge in [0.15, 0.2) is 0 Å². The van der Waals surface area contributed by atoms with E-state index in [1.807, 2.05) is 0 Å². The summed E-state index contributed by atoms with van der Waals surface area (Å²) in [6, 6.07) is 30.1. The van der Waals surface area contributed by atoms with E-state index in [-0.39, 0.29) is 6.04 Å². The first-order valence-electron chi connectivity index (χ1n) is 7.52. The van der Waals surface area contributed by atoms with Crippen LogP contribution in [0.1, 0.15) is 18.5 Å². The molecule has 3 rings (SSSR count). The van der Waals surface area contributed by atoms with E-state index in [4.69, 9.17) is 5.73 Å². The van der Waals surface area contributed by atoms with Gasteiger partial charge in [-0.15, -0.1) is 0 Å². The summed E-state index contributed by atoms with van der Waals surface area (Å²) in [4.78, 5) is 0. The lowest BCUT2D eigenvalue weighted by atomic mass is 10.1. The molecule has 110 valence electrons. The smallest absolute Gasteiger partial charge is 0.0272 e. The monoisotopic (exact) mass is 305 g/mol. The Labute approximate surface area is 133 Å². The van der Waals surface area contributed by atoms with Gasteiger partial charge in [-0.3, -0.25) is 0 Å². The predicted octanol–water partition coefficient (Wildman–Crippen LogP) is 3.46. The van der Waals surface area contributed by atoms with Crippen LogP contribution in [0.4, 0.5) is 0 Å². The summed E-state index contributed by atoms with van der Waals surface area (Å²) < 4.78 is 0. The van der Waals surface area contributed by atoms with Gasteiger partial charge in [0.2, 0.25) is 0 Å². The molecular weight excluding hydrogens is 285 g/mol. The highest BCUT2D eigenvalue weighted by Gasteiger charge is 2.20. The Kier molecular flexibility index (Phi) is 4.68. The van der Waals surface area contributed by atoms with E-state index < -0.39 is 7.92 Å². The summed E-state index contributed by atoms with van der Waals surface area (Å²) in [5.74, 6) is 0. The molecule has 0 saturated heterocycles. The topological polar surface area (TPSA) is 26.0 Å². The Morgan fingerprint density at radius 3 is 1.64 bits per heavy atom. The van der Waals surface area contributed by atoms with Crippen molar-refractivity contribution in [1.82, 2.24) is 0 Å². The summed E-state index contributed by atoms with van der Waals surface area (Å²) >= 11 is 0. The Hall–Kier alpha value is -1.95. The third-order valence-corrected chi connectivity index (χ3v) is 6.22. The molecule has 0 aromatic heterocycles. The highest BCUT2D eigenvalue weighted by molar-refractivity contribution is 7.79. The lowest BCUT2D eigenvalue weighted by Crippen LogP contribution is -2.25. The van der Waals surface area contributed by atoms with Gasteiger partial charge >= 0.3 is 0 Å². The minimum absolute atomic E-state index is 0.0358. The summed E-state index contributed by atoms with van der Waals surface area (Å²) in [6.45, 7) is 2.06. The molecule has 3 aromatic rings. The number of nitrogens with two attached hydrogens (primary N) is 1. The van der Waals surface area contributed by atoms with Crippen molar-refractivity contribution in [2.75, 3.05) is 0 Å². The largest absolute Gasteiger partial charge is 0.324 e. The lowest BCUT2D eigenvalue weighted by Gasteiger charge is -2.23. The fourth-order valence-electron chi connectivity index (χ4n) is 2.66. The average Bonchev–Trinajstić information content (AvgIpc) is 2.57. The molecule has 2 heteroatoms. The molecule has 0 bridgehead atoms. The zero-order valence-electron chi connectivity index (χ0n) is 12.7. The van der Waals surface area contributed by atoms with Gasteiger partial charge in [0.25, 0.3) is 0 Å². The van der Waals surface area contributed by atoms with Crippen molar-refractivity contribution < 1.29 is 0 Å². The Balaban J connectivity index is 2.19. The third-order valence-electron chi connectivity index (χ3n) is 3.70. The van der Waals surface area contributed by atoms with Crippen LogP contribution in [-0.4, -0.2) is 0 Å². The van der Waals surface area contributed by atoms with Gasteiger partial charge in [0, 0.05) is 6.04 Å². The van der Waals surface area contributed by atoms with Crippen molar-refractivity contribution in [1.29, 1.82) is 0 Å². The first-order valence-corrected chi connectivity index (χ1v) is 8.86. The van der Waals surface area contributed by atoms with Gasteiger partial charge < -0.3 is 5.73 Å². The molecule has 0 saturated carbocycles. The molecule has 0 unspecified atom stereocenters. The van der Waals surface area contributed by atoms with Crippen LogP contribution in [0.2, 0.25) is 0 Å². The molecule has 3 aromatic carbocycles. The summed E-state index contributed by atoms with van der Waals surface area (Å²) in [7, 11) is -0.579. The average molecular weight is 305 g/mol. The van der Waals surface area contributed by atoms with Crippen LogP contribution in [0.15, 0.2) is 84.9 Å². The molecule has 1 nitrogen and oxygen atoms in total. The van der Waals surface area contributed by atoms with Gasteiger partial charge in [0.05, 0.1) is 0 Å². The first kappa shape index (κ1) is 15.0. The van der Waals surface area contributed by atoms with Gasteiger partial charge in [0.1, 0.15) is 0 Å². The van der Waals surface area contributed by atoms with Crippen LogP contribution < -0.4 is 21.6 Å². The maximum Gasteiger partial charge on any atom is 0.0272 e. The lowest BCUT2D eigenvalue weighted by molar-refractivity contribution is 0.824. The Morgan fingerprint density at radius 1 is 0.682 bits per heavy atom. The maximum absolute atomic E-state index is 6.22. The van der Waals surface area contributed by atoms with Crippen LogP contribution in [0.5, 0.6) is 0 Å². The van der Waals surface area contributed by atoms with Crippen molar-refractivity contribution >= 4 is 23.8 Å². The van der Waals surface area contributed by atoms with Crippen molar-refractivity contribution in [3.63, 3.8) is 0 Å². The van der Waals surface area contributed by atoms with E-state index in [1.165, 1.54) is 21.5 Å². The van der Waals surface area contributed by atoms with E-state index in [1.54, 1.807) is 0 Å². The molecule has 2 N–H and O–H groups in total. The second-order valence-corrected chi connectivity index (χ2v) is 7.54. The third kappa shape index (κ3) is 3.11. The molecule has 0 aliphatic rings. The zero-order chi connectivity index (χ0) is 15.4. The summed E-state index contributed by atoms with van der Waals surface area (Å²) in [6.07, 6.45) is 0. The molecule has 0 amide bonds. The first-order chi connectivity index (χ1) is 10.8. The molecule has 0 fully saturated rings. The van der Waals surface area contributed by atoms with Crippen LogP contribution in [0, 0.1) is 0 Å². The second-order valence-electron chi connectivity index (χ2n) is 5.35. The Bertz CT molecular complexity index is 683. The van der Waals surface area contributed by atoms with Crippen molar-refractivity contribution in [3.05, 3.63) is 90.5 Å². The van der Waals surface area contributed by atoms with E-state index >= 15 is 0 Å². The number of rotatable bonds is 4. The van der Waals surface area contributed by atoms with E-state index in [0.29, 0.717) is 0 Å². The van der Waals surface area contributed by atoms with Gasteiger partial charge in [-0.25, -0.2) is 0 Å². The molecule has 0 aliphatic carbocycles. The normalized spacial score (nSPS) is 12.3. The predicted molar refractivity (Wildman–Crippen MR) is 97.8 cm³/mol. The van der Waals surface area contributed by atoms with Gasteiger partial charge in [-0.2, -0.15) is 0 Å². The fourth-order valence-corrected chi connectivity index (χ4v) is 5.22. The quantitative estimate of drug-likeness (QED) is 0.734. The van der Waals surface area contributed by atoms with Gasteiger partial charge in [-0.05, 0) is 36.3 Å². The highest BCUT2D eigenvalue weighted by atomic mass is 31.1. The molecule has 0 heterocycles. The SMILES string of the molecule is C[C@H](N)c1ccccc1P(c1ccccc1)c1ccccc1. The summed E-state index contributed by atoms with van der Waals surface area (Å²) in [5.41, 5.74) is 7.46. The minimum Gasteiger partial charge on any atom is -0.324 e. The molecule has 0 spiro atoms. The second kappa shape index (κ2) is 6.87. The number of hydrogen-bond donors (Lipinski definition) is 1. The van der Waals surface area contributed by atoms with E-state index in [0.717, 1.165) is 0 Å². The molecule has 1 atom stereocenters. The number of benzene rings is 3. The van der Waals surface area contributed by atoms with E-state index in [2.05, 4.69) is 91.9 Å². The van der Waals surface area contributed by atoms with Crippen molar-refractivity contribution in [3.8, 4) is 0 Å². The van der Waals surface area contributed by atoms with E-state index in [9.17, 15) is 0 Å². The van der Waals surface area contributed by atoms with Crippen LogP contribution in [0.3, 0.4) is 0 Å². The van der Waals surface area contributed by atoms with Crippen molar-refractivity contribution in [2.45, 2.75) is 13.0 Å². The maximum atomic E-state index is 6.22. The molecule has 0 radical (unpaired) electrons. The highest BCUT2D eigenvalue weighted by Crippen LogP contribution is 2.34. The Morgan fingerprint density at radius 2 is 1.14 bits per heavy atom. The van der Waals surface area contributed by atoms with Crippen LogP contribution in [0.25, 0.3) is 0 Å². The molecule has 0 aliphatic heterocycles. The summed E-state index contributed by atoms with van der Waals surface area (Å²) in [5, 5.41) is 4.07. The molecule has 22 heavy (non-hydrogen) atoms. The van der Waals surface area contributed by atoms with Gasteiger partial charge in [-0.1, -0.05) is 84.9 Å².